The Hall–Kier alpha value is -1.72. The highest BCUT2D eigenvalue weighted by Gasteiger charge is 2.07. The van der Waals surface area contributed by atoms with Crippen molar-refractivity contribution < 1.29 is 4.74 Å². The number of methoxy groups -OCH3 is 1. The highest BCUT2D eigenvalue weighted by Crippen LogP contribution is 2.15. The molecule has 106 valence electrons. The number of pyridine rings is 1. The molecule has 0 saturated heterocycles. The molecular weight excluding hydrogens is 276 g/mol. The van der Waals surface area contributed by atoms with Gasteiger partial charge in [0, 0.05) is 39.2 Å². The van der Waals surface area contributed by atoms with Crippen LogP contribution in [-0.4, -0.2) is 35.7 Å². The van der Waals surface area contributed by atoms with Gasteiger partial charge in [-0.25, -0.2) is 9.97 Å². The van der Waals surface area contributed by atoms with Crippen molar-refractivity contribution in [3.63, 3.8) is 0 Å². The number of rotatable bonds is 6. The van der Waals surface area contributed by atoms with E-state index in [0.29, 0.717) is 17.6 Å². The fourth-order valence-corrected chi connectivity index (χ4v) is 2.00. The largest absolute Gasteiger partial charge is 0.377 e. The number of aromatic nitrogens is 3. The predicted molar refractivity (Wildman–Crippen MR) is 79.0 cm³/mol. The highest BCUT2D eigenvalue weighted by molar-refractivity contribution is 6.29. The van der Waals surface area contributed by atoms with Crippen molar-refractivity contribution >= 4 is 17.4 Å². The van der Waals surface area contributed by atoms with Crippen LogP contribution in [0.4, 0.5) is 5.82 Å². The van der Waals surface area contributed by atoms with Gasteiger partial charge in [-0.3, -0.25) is 4.98 Å². The molecule has 0 aromatic carbocycles. The molecule has 2 rings (SSSR count). The van der Waals surface area contributed by atoms with Gasteiger partial charge in [-0.1, -0.05) is 11.6 Å². The zero-order valence-corrected chi connectivity index (χ0v) is 12.3. The molecule has 0 aliphatic rings. The van der Waals surface area contributed by atoms with Crippen molar-refractivity contribution in [3.8, 4) is 0 Å². The van der Waals surface area contributed by atoms with E-state index in [1.807, 2.05) is 24.1 Å². The summed E-state index contributed by atoms with van der Waals surface area (Å²) in [6.45, 7) is 1.19. The van der Waals surface area contributed by atoms with Gasteiger partial charge < -0.3 is 9.64 Å². The minimum Gasteiger partial charge on any atom is -0.377 e. The second-order valence-electron chi connectivity index (χ2n) is 4.43. The van der Waals surface area contributed by atoms with Gasteiger partial charge in [-0.15, -0.1) is 0 Å². The Bertz CT molecular complexity index is 550. The van der Waals surface area contributed by atoms with E-state index in [0.717, 1.165) is 18.8 Å². The standard InChI is InChI=1S/C14H17ClN4O/c1-19(8-5-11-3-6-16-7-4-11)14-9-12(15)17-13(18-14)10-20-2/h3-4,6-7,9H,5,8,10H2,1-2H3. The first-order valence-electron chi connectivity index (χ1n) is 6.31. The number of halogens is 1. The SMILES string of the molecule is COCc1nc(Cl)cc(N(C)CCc2ccncc2)n1. The first-order chi connectivity index (χ1) is 9.69. The van der Waals surface area contributed by atoms with Crippen molar-refractivity contribution in [1.82, 2.24) is 15.0 Å². The third-order valence-corrected chi connectivity index (χ3v) is 3.07. The fraction of sp³-hybridized carbons (Fsp3) is 0.357. The first-order valence-corrected chi connectivity index (χ1v) is 6.69. The number of hydrogen-bond donors (Lipinski definition) is 0. The van der Waals surface area contributed by atoms with Gasteiger partial charge in [0.15, 0.2) is 5.82 Å². The Morgan fingerprint density at radius 2 is 2.00 bits per heavy atom. The molecule has 0 amide bonds. The van der Waals surface area contributed by atoms with Gasteiger partial charge in [0.1, 0.15) is 17.6 Å². The molecule has 0 spiro atoms. The molecule has 0 fully saturated rings. The van der Waals surface area contributed by atoms with Crippen LogP contribution in [0.15, 0.2) is 30.6 Å². The summed E-state index contributed by atoms with van der Waals surface area (Å²) in [6, 6.07) is 5.78. The van der Waals surface area contributed by atoms with Gasteiger partial charge in [-0.2, -0.15) is 0 Å². The third kappa shape index (κ3) is 4.15. The lowest BCUT2D eigenvalue weighted by Crippen LogP contribution is -2.22. The predicted octanol–water partition coefficient (Wildman–Crippen LogP) is 2.35. The number of nitrogens with zero attached hydrogens (tertiary/aromatic N) is 4. The van der Waals surface area contributed by atoms with Crippen molar-refractivity contribution in [2.45, 2.75) is 13.0 Å². The maximum atomic E-state index is 6.01. The molecule has 6 heteroatoms. The van der Waals surface area contributed by atoms with Gasteiger partial charge in [0.2, 0.25) is 0 Å². The van der Waals surface area contributed by atoms with E-state index in [2.05, 4.69) is 15.0 Å². The van der Waals surface area contributed by atoms with E-state index < -0.39 is 0 Å². The van der Waals surface area contributed by atoms with Gasteiger partial charge >= 0.3 is 0 Å². The molecule has 2 aromatic rings. The summed E-state index contributed by atoms with van der Waals surface area (Å²) in [5.41, 5.74) is 1.24. The molecule has 0 atom stereocenters. The van der Waals surface area contributed by atoms with Crippen LogP contribution in [0.1, 0.15) is 11.4 Å². The Morgan fingerprint density at radius 1 is 1.25 bits per heavy atom. The Morgan fingerprint density at radius 3 is 2.70 bits per heavy atom. The topological polar surface area (TPSA) is 51.1 Å². The molecule has 0 aliphatic heterocycles. The Kier molecular flexibility index (Phi) is 5.26. The average molecular weight is 293 g/mol. The molecule has 0 bridgehead atoms. The maximum Gasteiger partial charge on any atom is 0.158 e. The van der Waals surface area contributed by atoms with Crippen LogP contribution in [-0.2, 0) is 17.8 Å². The van der Waals surface area contributed by atoms with Crippen LogP contribution in [0.25, 0.3) is 0 Å². The molecule has 0 radical (unpaired) electrons. The molecule has 2 aromatic heterocycles. The van der Waals surface area contributed by atoms with Crippen LogP contribution in [0, 0.1) is 0 Å². The second-order valence-corrected chi connectivity index (χ2v) is 4.81. The number of hydrogen-bond acceptors (Lipinski definition) is 5. The maximum absolute atomic E-state index is 6.01. The van der Waals surface area contributed by atoms with E-state index in [4.69, 9.17) is 16.3 Å². The van der Waals surface area contributed by atoms with E-state index in [9.17, 15) is 0 Å². The van der Waals surface area contributed by atoms with E-state index in [1.165, 1.54) is 5.56 Å². The minimum absolute atomic E-state index is 0.353. The molecule has 20 heavy (non-hydrogen) atoms. The summed E-state index contributed by atoms with van der Waals surface area (Å²) < 4.78 is 5.04. The minimum atomic E-state index is 0.353. The summed E-state index contributed by atoms with van der Waals surface area (Å²) in [5, 5.41) is 0.429. The van der Waals surface area contributed by atoms with Crippen LogP contribution < -0.4 is 4.90 Å². The van der Waals surface area contributed by atoms with Gasteiger partial charge in [0.25, 0.3) is 0 Å². The number of ether oxygens (including phenoxy) is 1. The Labute approximate surface area is 123 Å². The normalized spacial score (nSPS) is 10.6. The number of likely N-dealkylation sites (N-methyl/N-ethyl adjacent to an activating group) is 1. The second kappa shape index (κ2) is 7.17. The lowest BCUT2D eigenvalue weighted by atomic mass is 10.2. The van der Waals surface area contributed by atoms with Crippen molar-refractivity contribution in [3.05, 3.63) is 47.1 Å². The third-order valence-electron chi connectivity index (χ3n) is 2.88. The fourth-order valence-electron chi connectivity index (χ4n) is 1.80. The highest BCUT2D eigenvalue weighted by atomic mass is 35.5. The number of anilines is 1. The summed E-state index contributed by atoms with van der Waals surface area (Å²) in [5.74, 6) is 1.39. The molecule has 0 saturated carbocycles. The lowest BCUT2D eigenvalue weighted by Gasteiger charge is -2.18. The van der Waals surface area contributed by atoms with Crippen molar-refractivity contribution in [2.75, 3.05) is 25.6 Å². The lowest BCUT2D eigenvalue weighted by molar-refractivity contribution is 0.178. The molecule has 0 N–H and O–H groups in total. The van der Waals surface area contributed by atoms with Crippen molar-refractivity contribution in [1.29, 1.82) is 0 Å². The molecule has 2 heterocycles. The van der Waals surface area contributed by atoms with Crippen LogP contribution >= 0.6 is 11.6 Å². The summed E-state index contributed by atoms with van der Waals surface area (Å²) in [6.07, 6.45) is 4.52. The smallest absolute Gasteiger partial charge is 0.158 e. The monoisotopic (exact) mass is 292 g/mol. The van der Waals surface area contributed by atoms with Crippen molar-refractivity contribution in [2.24, 2.45) is 0 Å². The quantitative estimate of drug-likeness (QED) is 0.765. The van der Waals surface area contributed by atoms with Gasteiger partial charge in [0.05, 0.1) is 0 Å². The molecule has 5 nitrogen and oxygen atoms in total. The zero-order chi connectivity index (χ0) is 14.4. The average Bonchev–Trinajstić information content (AvgIpc) is 2.45. The first kappa shape index (κ1) is 14.7. The Balaban J connectivity index is 2.03. The molecule has 0 aliphatic carbocycles. The summed E-state index contributed by atoms with van der Waals surface area (Å²) >= 11 is 6.01. The molecular formula is C14H17ClN4O. The van der Waals surface area contributed by atoms with E-state index in [-0.39, 0.29) is 0 Å². The molecule has 0 unspecified atom stereocenters. The summed E-state index contributed by atoms with van der Waals surface area (Å²) in [4.78, 5) is 14.6. The summed E-state index contributed by atoms with van der Waals surface area (Å²) in [7, 11) is 3.59. The van der Waals surface area contributed by atoms with Crippen LogP contribution in [0.3, 0.4) is 0 Å². The zero-order valence-electron chi connectivity index (χ0n) is 11.6. The van der Waals surface area contributed by atoms with Crippen LogP contribution in [0.2, 0.25) is 5.15 Å². The van der Waals surface area contributed by atoms with E-state index >= 15 is 0 Å². The van der Waals surface area contributed by atoms with Gasteiger partial charge in [-0.05, 0) is 24.1 Å². The van der Waals surface area contributed by atoms with E-state index in [1.54, 1.807) is 25.6 Å². The van der Waals surface area contributed by atoms with Crippen LogP contribution in [0.5, 0.6) is 0 Å².